The Morgan fingerprint density at radius 1 is 1.25 bits per heavy atom. The van der Waals surface area contributed by atoms with Crippen LogP contribution in [0, 0.1) is 22.7 Å². The molecule has 4 atom stereocenters. The largest absolute Gasteiger partial charge is 0.389 e. The zero-order valence-corrected chi connectivity index (χ0v) is 10.8. The van der Waals surface area contributed by atoms with Crippen molar-refractivity contribution in [1.82, 2.24) is 0 Å². The second kappa shape index (κ2) is 2.75. The van der Waals surface area contributed by atoms with Crippen LogP contribution in [-0.4, -0.2) is 10.7 Å². The van der Waals surface area contributed by atoms with Gasteiger partial charge in [0.1, 0.15) is 0 Å². The molecule has 1 heteroatoms. The maximum absolute atomic E-state index is 11.0. The first-order chi connectivity index (χ1) is 7.32. The lowest BCUT2D eigenvalue weighted by Gasteiger charge is -2.56. The van der Waals surface area contributed by atoms with Crippen LogP contribution in [0.2, 0.25) is 0 Å². The molecule has 3 aliphatic rings. The summed E-state index contributed by atoms with van der Waals surface area (Å²) >= 11 is 0. The van der Waals surface area contributed by atoms with Crippen molar-refractivity contribution in [3.8, 4) is 0 Å². The Morgan fingerprint density at radius 3 is 2.62 bits per heavy atom. The Hall–Kier alpha value is -0.300. The maximum atomic E-state index is 11.0. The summed E-state index contributed by atoms with van der Waals surface area (Å²) < 4.78 is 0. The van der Waals surface area contributed by atoms with Crippen molar-refractivity contribution >= 4 is 0 Å². The lowest BCUT2D eigenvalue weighted by molar-refractivity contribution is -0.166. The average Bonchev–Trinajstić information content (AvgIpc) is 2.73. The fourth-order valence-electron chi connectivity index (χ4n) is 5.10. The minimum Gasteiger partial charge on any atom is -0.389 e. The fraction of sp³-hybridized carbons (Fsp3) is 0.867. The molecule has 90 valence electrons. The van der Waals surface area contributed by atoms with E-state index in [2.05, 4.69) is 27.4 Å². The average molecular weight is 220 g/mol. The molecule has 0 radical (unpaired) electrons. The topological polar surface area (TPSA) is 20.2 Å². The first-order valence-electron chi connectivity index (χ1n) is 6.73. The third-order valence-corrected chi connectivity index (χ3v) is 6.66. The highest BCUT2D eigenvalue weighted by Crippen LogP contribution is 2.71. The molecule has 0 saturated heterocycles. The van der Waals surface area contributed by atoms with Crippen molar-refractivity contribution < 1.29 is 5.11 Å². The van der Waals surface area contributed by atoms with Crippen molar-refractivity contribution in [2.75, 3.05) is 0 Å². The molecule has 1 nitrogen and oxygen atoms in total. The molecule has 0 aromatic rings. The van der Waals surface area contributed by atoms with E-state index in [1.807, 2.05) is 0 Å². The third-order valence-electron chi connectivity index (χ3n) is 6.66. The van der Waals surface area contributed by atoms with E-state index < -0.39 is 5.60 Å². The minimum absolute atomic E-state index is 0.0717. The summed E-state index contributed by atoms with van der Waals surface area (Å²) in [7, 11) is 0. The molecule has 1 N–H and O–H groups in total. The Morgan fingerprint density at radius 2 is 1.94 bits per heavy atom. The van der Waals surface area contributed by atoms with E-state index in [0.717, 1.165) is 12.8 Å². The maximum Gasteiger partial charge on any atom is 0.0709 e. The summed E-state index contributed by atoms with van der Waals surface area (Å²) in [4.78, 5) is 0. The van der Waals surface area contributed by atoms with Gasteiger partial charge >= 0.3 is 0 Å². The zero-order valence-electron chi connectivity index (χ0n) is 10.8. The minimum atomic E-state index is -0.508. The van der Waals surface area contributed by atoms with Gasteiger partial charge in [0.2, 0.25) is 0 Å². The highest BCUT2D eigenvalue weighted by atomic mass is 16.3. The van der Waals surface area contributed by atoms with Crippen LogP contribution in [0.5, 0.6) is 0 Å². The summed E-state index contributed by atoms with van der Waals surface area (Å²) in [5.74, 6) is 1.15. The quantitative estimate of drug-likeness (QED) is 0.619. The van der Waals surface area contributed by atoms with Gasteiger partial charge in [0, 0.05) is 0 Å². The molecule has 0 amide bonds. The molecular formula is C15H24O. The number of hydrogen-bond donors (Lipinski definition) is 1. The van der Waals surface area contributed by atoms with Crippen LogP contribution in [0.25, 0.3) is 0 Å². The van der Waals surface area contributed by atoms with Gasteiger partial charge < -0.3 is 5.11 Å². The van der Waals surface area contributed by atoms with Gasteiger partial charge in [0.25, 0.3) is 0 Å². The van der Waals surface area contributed by atoms with E-state index in [-0.39, 0.29) is 5.41 Å². The molecule has 3 aliphatic carbocycles. The van der Waals surface area contributed by atoms with Crippen LogP contribution >= 0.6 is 0 Å². The van der Waals surface area contributed by atoms with Crippen molar-refractivity contribution in [2.45, 2.75) is 58.5 Å². The Balaban J connectivity index is 2.13. The van der Waals surface area contributed by atoms with Gasteiger partial charge in [0.05, 0.1) is 5.60 Å². The second-order valence-corrected chi connectivity index (χ2v) is 7.16. The molecule has 0 aromatic carbocycles. The van der Waals surface area contributed by atoms with Crippen LogP contribution in [0.4, 0.5) is 0 Å². The molecule has 0 heterocycles. The number of allylic oxidation sites excluding steroid dienone is 1. The monoisotopic (exact) mass is 220 g/mol. The predicted molar refractivity (Wildman–Crippen MR) is 66.0 cm³/mol. The lowest BCUT2D eigenvalue weighted by Crippen LogP contribution is -2.57. The number of aliphatic hydroxyl groups is 1. The Kier molecular flexibility index (Phi) is 1.86. The van der Waals surface area contributed by atoms with E-state index in [9.17, 15) is 5.11 Å². The van der Waals surface area contributed by atoms with Gasteiger partial charge in [-0.2, -0.15) is 0 Å². The molecule has 3 fully saturated rings. The summed E-state index contributed by atoms with van der Waals surface area (Å²) in [5, 5.41) is 11.0. The molecule has 0 unspecified atom stereocenters. The SMILES string of the molecule is C=C1CC[C@H]2[C@]13CC[C@H](C3)C(C)(C)[C@@]2(C)O. The van der Waals surface area contributed by atoms with Gasteiger partial charge in [0.15, 0.2) is 0 Å². The fourth-order valence-corrected chi connectivity index (χ4v) is 5.10. The Bertz CT molecular complexity index is 352. The molecule has 0 aromatic heterocycles. The van der Waals surface area contributed by atoms with Gasteiger partial charge in [-0.25, -0.2) is 0 Å². The standard InChI is InChI=1S/C15H24O/c1-10-5-6-12-14(4,16)13(2,3)11-7-8-15(10,12)9-11/h11-12,16H,1,5-9H2,2-4H3/t11-,12-,14+,15+/m1/s1. The first kappa shape index (κ1) is 10.8. The van der Waals surface area contributed by atoms with Crippen LogP contribution in [0.1, 0.15) is 52.9 Å². The Labute approximate surface area is 98.9 Å². The summed E-state index contributed by atoms with van der Waals surface area (Å²) in [6, 6.07) is 0. The number of hydrogen-bond acceptors (Lipinski definition) is 1. The summed E-state index contributed by atoms with van der Waals surface area (Å²) in [6.45, 7) is 10.9. The number of rotatable bonds is 0. The molecule has 2 bridgehead atoms. The van der Waals surface area contributed by atoms with Gasteiger partial charge in [-0.05, 0) is 61.7 Å². The van der Waals surface area contributed by atoms with E-state index >= 15 is 0 Å². The van der Waals surface area contributed by atoms with Crippen LogP contribution < -0.4 is 0 Å². The van der Waals surface area contributed by atoms with Crippen LogP contribution in [-0.2, 0) is 0 Å². The van der Waals surface area contributed by atoms with Crippen molar-refractivity contribution in [3.63, 3.8) is 0 Å². The highest BCUT2D eigenvalue weighted by molar-refractivity contribution is 5.28. The first-order valence-corrected chi connectivity index (χ1v) is 6.73. The molecule has 16 heavy (non-hydrogen) atoms. The lowest BCUT2D eigenvalue weighted by atomic mass is 9.52. The van der Waals surface area contributed by atoms with Gasteiger partial charge in [-0.3, -0.25) is 0 Å². The summed E-state index contributed by atoms with van der Waals surface area (Å²) in [5.41, 5.74) is 1.31. The van der Waals surface area contributed by atoms with Crippen LogP contribution in [0.3, 0.4) is 0 Å². The normalized spacial score (nSPS) is 54.1. The smallest absolute Gasteiger partial charge is 0.0709 e. The highest BCUT2D eigenvalue weighted by Gasteiger charge is 2.67. The predicted octanol–water partition coefficient (Wildman–Crippen LogP) is 3.53. The van der Waals surface area contributed by atoms with Crippen molar-refractivity contribution in [1.29, 1.82) is 0 Å². The summed E-state index contributed by atoms with van der Waals surface area (Å²) in [6.07, 6.45) is 6.16. The van der Waals surface area contributed by atoms with E-state index in [4.69, 9.17) is 0 Å². The van der Waals surface area contributed by atoms with Gasteiger partial charge in [-0.15, -0.1) is 0 Å². The molecule has 0 aliphatic heterocycles. The van der Waals surface area contributed by atoms with Crippen molar-refractivity contribution in [3.05, 3.63) is 12.2 Å². The van der Waals surface area contributed by atoms with E-state index in [0.29, 0.717) is 17.3 Å². The van der Waals surface area contributed by atoms with Crippen molar-refractivity contribution in [2.24, 2.45) is 22.7 Å². The second-order valence-electron chi connectivity index (χ2n) is 7.16. The molecule has 3 saturated carbocycles. The van der Waals surface area contributed by atoms with E-state index in [1.54, 1.807) is 0 Å². The zero-order chi connectivity index (χ0) is 11.8. The molecule has 3 rings (SSSR count). The van der Waals surface area contributed by atoms with Gasteiger partial charge in [-0.1, -0.05) is 26.0 Å². The molecular weight excluding hydrogens is 196 g/mol. The van der Waals surface area contributed by atoms with E-state index in [1.165, 1.54) is 24.8 Å². The third kappa shape index (κ3) is 0.932. The number of fused-ring (bicyclic) bond motifs is 1. The van der Waals surface area contributed by atoms with Crippen LogP contribution in [0.15, 0.2) is 12.2 Å². The molecule has 1 spiro atoms.